The molecule has 0 saturated heterocycles. The summed E-state index contributed by atoms with van der Waals surface area (Å²) in [4.78, 5) is 9.79. The van der Waals surface area contributed by atoms with Crippen LogP contribution in [0.15, 0.2) is 140 Å². The Hall–Kier alpha value is -5.94. The fourth-order valence-corrected chi connectivity index (χ4v) is 7.26. The summed E-state index contributed by atoms with van der Waals surface area (Å²) >= 11 is 0. The largest absolute Gasteiger partial charge is 0.309 e. The molecule has 5 aromatic carbocycles. The minimum atomic E-state index is 0.934. The maximum Gasteiger partial charge on any atom is 0.147 e. The maximum atomic E-state index is 4.93. The summed E-state index contributed by atoms with van der Waals surface area (Å²) in [6.45, 7) is 0. The highest BCUT2D eigenvalue weighted by atomic mass is 15.0. The summed E-state index contributed by atoms with van der Waals surface area (Å²) in [5.41, 5.74) is 9.94. The van der Waals surface area contributed by atoms with Crippen LogP contribution in [0.1, 0.15) is 0 Å². The Morgan fingerprint density at radius 2 is 1.07 bits per heavy atom. The number of fused-ring (bicyclic) bond motifs is 14. The first-order chi connectivity index (χ1) is 21.4. The summed E-state index contributed by atoms with van der Waals surface area (Å²) in [5.74, 6) is 0. The van der Waals surface area contributed by atoms with Crippen LogP contribution in [0, 0.1) is 0 Å². The van der Waals surface area contributed by atoms with Gasteiger partial charge in [-0.3, -0.25) is 9.38 Å². The van der Waals surface area contributed by atoms with Crippen molar-refractivity contribution in [2.75, 3.05) is 0 Å². The third-order valence-electron chi connectivity index (χ3n) is 8.92. The lowest BCUT2D eigenvalue weighted by atomic mass is 10.0. The van der Waals surface area contributed by atoms with Crippen LogP contribution in [-0.2, 0) is 0 Å². The highest BCUT2D eigenvalue weighted by Crippen LogP contribution is 2.45. The molecule has 0 aliphatic carbocycles. The number of pyridine rings is 2. The second-order valence-corrected chi connectivity index (χ2v) is 11.1. The van der Waals surface area contributed by atoms with Gasteiger partial charge < -0.3 is 9.13 Å². The zero-order chi connectivity index (χ0) is 28.1. The number of aromatic nitrogens is 5. The minimum absolute atomic E-state index is 0.934. The first kappa shape index (κ1) is 22.7. The summed E-state index contributed by atoms with van der Waals surface area (Å²) < 4.78 is 6.99. The Balaban J connectivity index is 1.51. The van der Waals surface area contributed by atoms with Crippen molar-refractivity contribution in [1.29, 1.82) is 0 Å². The number of para-hydroxylation sites is 3. The van der Waals surface area contributed by atoms with E-state index in [0.717, 1.165) is 44.3 Å². The Morgan fingerprint density at radius 1 is 0.419 bits per heavy atom. The predicted molar refractivity (Wildman–Crippen MR) is 177 cm³/mol. The molecule has 5 heterocycles. The Labute approximate surface area is 245 Å². The second-order valence-electron chi connectivity index (χ2n) is 11.1. The molecule has 200 valence electrons. The zero-order valence-electron chi connectivity index (χ0n) is 23.0. The molecule has 0 unspecified atom stereocenters. The minimum Gasteiger partial charge on any atom is -0.309 e. The van der Waals surface area contributed by atoms with Crippen molar-refractivity contribution in [2.45, 2.75) is 0 Å². The van der Waals surface area contributed by atoms with Crippen molar-refractivity contribution in [3.05, 3.63) is 140 Å². The molecule has 0 bridgehead atoms. The van der Waals surface area contributed by atoms with E-state index in [1.165, 1.54) is 38.1 Å². The summed E-state index contributed by atoms with van der Waals surface area (Å²) in [6, 6.07) is 43.3. The van der Waals surface area contributed by atoms with E-state index >= 15 is 0 Å². The zero-order valence-corrected chi connectivity index (χ0v) is 23.0. The number of imidazole rings is 1. The van der Waals surface area contributed by atoms with E-state index < -0.39 is 0 Å². The Bertz CT molecular complexity index is 2710. The highest BCUT2D eigenvalue weighted by Gasteiger charge is 2.23. The summed E-state index contributed by atoms with van der Waals surface area (Å²) in [5, 5.41) is 7.15. The molecule has 10 rings (SSSR count). The van der Waals surface area contributed by atoms with Gasteiger partial charge in [0, 0.05) is 56.9 Å². The van der Waals surface area contributed by atoms with E-state index in [9.17, 15) is 0 Å². The van der Waals surface area contributed by atoms with Gasteiger partial charge in [-0.05, 0) is 54.6 Å². The topological polar surface area (TPSA) is 40.1 Å². The highest BCUT2D eigenvalue weighted by molar-refractivity contribution is 6.33. The third-order valence-corrected chi connectivity index (χ3v) is 8.92. The quantitative estimate of drug-likeness (QED) is 0.202. The van der Waals surface area contributed by atoms with Gasteiger partial charge >= 0.3 is 0 Å². The monoisotopic (exact) mass is 549 g/mol. The summed E-state index contributed by atoms with van der Waals surface area (Å²) in [6.07, 6.45) is 5.81. The van der Waals surface area contributed by atoms with Gasteiger partial charge in [0.15, 0.2) is 0 Å². The number of rotatable bonds is 2. The molecule has 0 fully saturated rings. The Morgan fingerprint density at radius 3 is 1.88 bits per heavy atom. The molecule has 43 heavy (non-hydrogen) atoms. The van der Waals surface area contributed by atoms with Gasteiger partial charge in [-0.25, -0.2) is 4.98 Å². The lowest BCUT2D eigenvalue weighted by Gasteiger charge is -2.12. The van der Waals surface area contributed by atoms with Crippen molar-refractivity contribution in [1.82, 2.24) is 23.5 Å². The van der Waals surface area contributed by atoms with Crippen LogP contribution in [-0.4, -0.2) is 23.5 Å². The molecule has 0 radical (unpaired) electrons. The molecule has 0 saturated carbocycles. The van der Waals surface area contributed by atoms with Gasteiger partial charge in [-0.2, -0.15) is 0 Å². The van der Waals surface area contributed by atoms with Crippen LogP contribution in [0.3, 0.4) is 0 Å². The van der Waals surface area contributed by atoms with Crippen LogP contribution in [0.4, 0.5) is 0 Å². The van der Waals surface area contributed by atoms with Crippen LogP contribution < -0.4 is 0 Å². The molecule has 5 heteroatoms. The van der Waals surface area contributed by atoms with Crippen LogP contribution in [0.25, 0.3) is 82.4 Å². The average molecular weight is 550 g/mol. The molecule has 5 aromatic heterocycles. The Kier molecular flexibility index (Phi) is 4.39. The lowest BCUT2D eigenvalue weighted by molar-refractivity contribution is 1.17. The first-order valence-corrected chi connectivity index (χ1v) is 14.5. The van der Waals surface area contributed by atoms with Gasteiger partial charge in [0.05, 0.1) is 38.5 Å². The SMILES string of the molecule is c1ccc(-n2c3ccccc3c3c4c5ccc6c7ncccc7n7ccnc7c6c5n(-c5ccccc5)c4ccc32)cc1. The van der Waals surface area contributed by atoms with Crippen LogP contribution in [0.5, 0.6) is 0 Å². The maximum absolute atomic E-state index is 4.93. The standard InChI is InChI=1S/C38H23N5/c1-3-10-24(11-4-1)42-29-15-8-7-14-26(29)33-30(42)19-20-31-34(33)28-18-17-27-35(37(28)43(31)25-12-5-2-6-13-25)38-40-22-23-41(38)32-16-9-21-39-36(27)32/h1-23H. The van der Waals surface area contributed by atoms with Crippen molar-refractivity contribution in [2.24, 2.45) is 0 Å². The van der Waals surface area contributed by atoms with Gasteiger partial charge in [0.1, 0.15) is 5.65 Å². The second kappa shape index (κ2) is 8.30. The molecular weight excluding hydrogens is 526 g/mol. The molecule has 0 amide bonds. The van der Waals surface area contributed by atoms with Gasteiger partial charge in [-0.15, -0.1) is 0 Å². The van der Waals surface area contributed by atoms with E-state index in [4.69, 9.17) is 9.97 Å². The van der Waals surface area contributed by atoms with Crippen LogP contribution >= 0.6 is 0 Å². The lowest BCUT2D eigenvalue weighted by Crippen LogP contribution is -1.97. The molecular formula is C38H23N5. The molecule has 10 aromatic rings. The van der Waals surface area contributed by atoms with E-state index in [-0.39, 0.29) is 0 Å². The van der Waals surface area contributed by atoms with E-state index in [2.05, 4.69) is 129 Å². The first-order valence-electron chi connectivity index (χ1n) is 14.5. The van der Waals surface area contributed by atoms with E-state index in [0.29, 0.717) is 0 Å². The molecule has 0 aliphatic rings. The van der Waals surface area contributed by atoms with Crippen molar-refractivity contribution < 1.29 is 0 Å². The fraction of sp³-hybridized carbons (Fsp3) is 0. The molecule has 5 nitrogen and oxygen atoms in total. The van der Waals surface area contributed by atoms with Crippen molar-refractivity contribution in [3.63, 3.8) is 0 Å². The van der Waals surface area contributed by atoms with Crippen LogP contribution in [0.2, 0.25) is 0 Å². The van der Waals surface area contributed by atoms with Gasteiger partial charge in [0.2, 0.25) is 0 Å². The van der Waals surface area contributed by atoms with Crippen molar-refractivity contribution >= 4 is 71.1 Å². The third kappa shape index (κ3) is 2.90. The van der Waals surface area contributed by atoms with Gasteiger partial charge in [-0.1, -0.05) is 66.7 Å². The van der Waals surface area contributed by atoms with E-state index in [1.807, 2.05) is 24.7 Å². The van der Waals surface area contributed by atoms with Crippen molar-refractivity contribution in [3.8, 4) is 11.4 Å². The molecule has 0 aliphatic heterocycles. The molecule has 0 spiro atoms. The average Bonchev–Trinajstić information content (AvgIpc) is 3.78. The number of hydrogen-bond acceptors (Lipinski definition) is 2. The summed E-state index contributed by atoms with van der Waals surface area (Å²) in [7, 11) is 0. The molecule has 0 atom stereocenters. The number of hydrogen-bond donors (Lipinski definition) is 0. The molecule has 0 N–H and O–H groups in total. The normalized spacial score (nSPS) is 12.2. The van der Waals surface area contributed by atoms with Gasteiger partial charge in [0.25, 0.3) is 0 Å². The van der Waals surface area contributed by atoms with E-state index in [1.54, 1.807) is 0 Å². The number of benzene rings is 5. The fourth-order valence-electron chi connectivity index (χ4n) is 7.26. The predicted octanol–water partition coefficient (Wildman–Crippen LogP) is 9.23. The smallest absolute Gasteiger partial charge is 0.147 e. The number of nitrogens with zero attached hydrogens (tertiary/aromatic N) is 5.